The van der Waals surface area contributed by atoms with Gasteiger partial charge >= 0.3 is 5.69 Å². The number of carbonyl (C=O) groups excluding carboxylic acids is 1. The Hall–Kier alpha value is -2.47. The van der Waals surface area contributed by atoms with Crippen molar-refractivity contribution in [1.29, 1.82) is 0 Å². The number of ketones is 1. The summed E-state index contributed by atoms with van der Waals surface area (Å²) >= 11 is 5.89. The number of pyridine rings is 1. The number of para-hydroxylation sites is 1. The summed E-state index contributed by atoms with van der Waals surface area (Å²) in [5, 5.41) is 11.0. The van der Waals surface area contributed by atoms with Crippen molar-refractivity contribution in [3.63, 3.8) is 0 Å². The highest BCUT2D eigenvalue weighted by Gasteiger charge is 2.19. The van der Waals surface area contributed by atoms with Crippen LogP contribution in [0.15, 0.2) is 36.5 Å². The lowest BCUT2D eigenvalue weighted by atomic mass is 10.2. The van der Waals surface area contributed by atoms with Crippen molar-refractivity contribution >= 4 is 23.1 Å². The van der Waals surface area contributed by atoms with E-state index in [0.717, 1.165) is 0 Å². The monoisotopic (exact) mass is 292 g/mol. The average Bonchev–Trinajstić information content (AvgIpc) is 2.41. The molecule has 7 heteroatoms. The molecular weight excluding hydrogens is 284 g/mol. The van der Waals surface area contributed by atoms with Crippen LogP contribution in [0.25, 0.3) is 0 Å². The van der Waals surface area contributed by atoms with Crippen LogP contribution in [0.3, 0.4) is 0 Å². The van der Waals surface area contributed by atoms with E-state index in [2.05, 4.69) is 4.98 Å². The maximum Gasteiger partial charge on any atom is 0.313 e. The van der Waals surface area contributed by atoms with Gasteiger partial charge in [-0.05, 0) is 19.1 Å². The molecule has 102 valence electrons. The first-order valence-electron chi connectivity index (χ1n) is 5.57. The summed E-state index contributed by atoms with van der Waals surface area (Å²) < 4.78 is 5.34. The summed E-state index contributed by atoms with van der Waals surface area (Å²) in [6.07, 6.45) is 1.33. The van der Waals surface area contributed by atoms with Crippen LogP contribution in [0.4, 0.5) is 5.69 Å². The van der Waals surface area contributed by atoms with Crippen molar-refractivity contribution in [2.75, 3.05) is 0 Å². The topological polar surface area (TPSA) is 82.3 Å². The third-order valence-electron chi connectivity index (χ3n) is 2.49. The molecule has 2 rings (SSSR count). The molecule has 0 amide bonds. The first kappa shape index (κ1) is 14.0. The standard InChI is InChI=1S/C13H9ClN2O4/c1-8(17)9-5-6-12(15-7-9)20-13-10(14)3-2-4-11(13)16(18)19/h2-7H,1H3. The Morgan fingerprint density at radius 2 is 2.10 bits per heavy atom. The number of halogens is 1. The molecule has 0 unspecified atom stereocenters. The average molecular weight is 293 g/mol. The van der Waals surface area contributed by atoms with Crippen LogP contribution in [0.2, 0.25) is 5.02 Å². The molecule has 0 aliphatic carbocycles. The Morgan fingerprint density at radius 1 is 1.35 bits per heavy atom. The molecule has 0 saturated heterocycles. The maximum atomic E-state index is 11.1. The summed E-state index contributed by atoms with van der Waals surface area (Å²) in [6, 6.07) is 7.19. The SMILES string of the molecule is CC(=O)c1ccc(Oc2c(Cl)cccc2[N+](=O)[O-])nc1. The first-order valence-corrected chi connectivity index (χ1v) is 5.94. The molecule has 0 saturated carbocycles. The van der Waals surface area contributed by atoms with Gasteiger partial charge in [-0.2, -0.15) is 0 Å². The zero-order valence-electron chi connectivity index (χ0n) is 10.4. The molecule has 1 aromatic heterocycles. The third kappa shape index (κ3) is 2.92. The number of hydrogen-bond acceptors (Lipinski definition) is 5. The number of aromatic nitrogens is 1. The number of hydrogen-bond donors (Lipinski definition) is 0. The maximum absolute atomic E-state index is 11.1. The number of nitro benzene ring substituents is 1. The molecule has 1 heterocycles. The fourth-order valence-corrected chi connectivity index (χ4v) is 1.70. The third-order valence-corrected chi connectivity index (χ3v) is 2.79. The van der Waals surface area contributed by atoms with Gasteiger partial charge in [0.1, 0.15) is 0 Å². The minimum absolute atomic E-state index is 0.0813. The van der Waals surface area contributed by atoms with Gasteiger partial charge in [-0.1, -0.05) is 17.7 Å². The van der Waals surface area contributed by atoms with E-state index in [1.807, 2.05) is 0 Å². The molecule has 1 aromatic carbocycles. The number of benzene rings is 1. The molecule has 2 aromatic rings. The Morgan fingerprint density at radius 3 is 2.65 bits per heavy atom. The van der Waals surface area contributed by atoms with Gasteiger partial charge in [0.05, 0.1) is 9.95 Å². The van der Waals surface area contributed by atoms with Gasteiger partial charge in [0, 0.05) is 23.9 Å². The summed E-state index contributed by atoms with van der Waals surface area (Å²) in [6.45, 7) is 1.41. The van der Waals surface area contributed by atoms with Crippen molar-refractivity contribution < 1.29 is 14.5 Å². The van der Waals surface area contributed by atoms with E-state index < -0.39 is 4.92 Å². The molecule has 0 fully saturated rings. The van der Waals surface area contributed by atoms with Crippen molar-refractivity contribution in [2.24, 2.45) is 0 Å². The second kappa shape index (κ2) is 5.66. The van der Waals surface area contributed by atoms with Crippen LogP contribution in [-0.2, 0) is 0 Å². The molecule has 0 atom stereocenters. The zero-order valence-corrected chi connectivity index (χ0v) is 11.1. The molecule has 0 radical (unpaired) electrons. The van der Waals surface area contributed by atoms with Crippen LogP contribution in [-0.4, -0.2) is 15.7 Å². The quantitative estimate of drug-likeness (QED) is 0.488. The van der Waals surface area contributed by atoms with Crippen molar-refractivity contribution in [3.8, 4) is 11.6 Å². The lowest BCUT2D eigenvalue weighted by Gasteiger charge is -2.07. The first-order chi connectivity index (χ1) is 9.49. The van der Waals surface area contributed by atoms with Gasteiger partial charge in [-0.3, -0.25) is 14.9 Å². The molecular formula is C13H9ClN2O4. The minimum Gasteiger partial charge on any atom is -0.430 e. The van der Waals surface area contributed by atoms with Gasteiger partial charge in [-0.15, -0.1) is 0 Å². The highest BCUT2D eigenvalue weighted by Crippen LogP contribution is 2.37. The van der Waals surface area contributed by atoms with Crippen LogP contribution >= 0.6 is 11.6 Å². The van der Waals surface area contributed by atoms with Gasteiger partial charge in [-0.25, -0.2) is 4.98 Å². The van der Waals surface area contributed by atoms with E-state index in [-0.39, 0.29) is 28.1 Å². The predicted molar refractivity (Wildman–Crippen MR) is 72.4 cm³/mol. The summed E-state index contributed by atoms with van der Waals surface area (Å²) in [4.78, 5) is 25.4. The Balaban J connectivity index is 2.34. The summed E-state index contributed by atoms with van der Waals surface area (Å²) in [5.74, 6) is -0.0961. The fourth-order valence-electron chi connectivity index (χ4n) is 1.50. The molecule has 0 spiro atoms. The molecule has 0 aliphatic rings. The minimum atomic E-state index is -0.592. The van der Waals surface area contributed by atoms with Gasteiger partial charge in [0.2, 0.25) is 11.6 Å². The van der Waals surface area contributed by atoms with E-state index in [9.17, 15) is 14.9 Å². The van der Waals surface area contributed by atoms with E-state index in [1.54, 1.807) is 0 Å². The summed E-state index contributed by atoms with van der Waals surface area (Å²) in [7, 11) is 0. The number of carbonyl (C=O) groups is 1. The lowest BCUT2D eigenvalue weighted by Crippen LogP contribution is -1.97. The predicted octanol–water partition coefficient (Wildman–Crippen LogP) is 3.64. The van der Waals surface area contributed by atoms with Gasteiger partial charge < -0.3 is 4.74 Å². The largest absolute Gasteiger partial charge is 0.430 e. The molecule has 0 bridgehead atoms. The number of nitrogens with zero attached hydrogens (tertiary/aromatic N) is 2. The van der Waals surface area contributed by atoms with E-state index >= 15 is 0 Å². The van der Waals surface area contributed by atoms with E-state index in [4.69, 9.17) is 16.3 Å². The van der Waals surface area contributed by atoms with Gasteiger partial charge in [0.25, 0.3) is 0 Å². The summed E-state index contributed by atoms with van der Waals surface area (Å²) in [5.41, 5.74) is 0.168. The van der Waals surface area contributed by atoms with Crippen LogP contribution < -0.4 is 4.74 Å². The second-order valence-electron chi connectivity index (χ2n) is 3.89. The van der Waals surface area contributed by atoms with E-state index in [0.29, 0.717) is 5.56 Å². The molecule has 6 nitrogen and oxygen atoms in total. The highest BCUT2D eigenvalue weighted by molar-refractivity contribution is 6.32. The van der Waals surface area contributed by atoms with Gasteiger partial charge in [0.15, 0.2) is 5.78 Å². The van der Waals surface area contributed by atoms with Crippen molar-refractivity contribution in [3.05, 3.63) is 57.2 Å². The number of nitro groups is 1. The van der Waals surface area contributed by atoms with Crippen molar-refractivity contribution in [1.82, 2.24) is 4.98 Å². The van der Waals surface area contributed by atoms with Crippen LogP contribution in [0, 0.1) is 10.1 Å². The van der Waals surface area contributed by atoms with Crippen molar-refractivity contribution in [2.45, 2.75) is 6.92 Å². The number of rotatable bonds is 4. The number of Topliss-reactive ketones (excluding diaryl/α,β-unsaturated/α-hetero) is 1. The Kier molecular flexibility index (Phi) is 3.95. The Labute approximate surface area is 119 Å². The molecule has 0 N–H and O–H groups in total. The smallest absolute Gasteiger partial charge is 0.313 e. The van der Waals surface area contributed by atoms with Crippen LogP contribution in [0.1, 0.15) is 17.3 Å². The Bertz CT molecular complexity index is 671. The lowest BCUT2D eigenvalue weighted by molar-refractivity contribution is -0.385. The normalized spacial score (nSPS) is 10.1. The number of ether oxygens (including phenoxy) is 1. The van der Waals surface area contributed by atoms with E-state index in [1.165, 1.54) is 43.5 Å². The zero-order chi connectivity index (χ0) is 14.7. The second-order valence-corrected chi connectivity index (χ2v) is 4.30. The highest BCUT2D eigenvalue weighted by atomic mass is 35.5. The fraction of sp³-hybridized carbons (Fsp3) is 0.0769. The molecule has 20 heavy (non-hydrogen) atoms. The van der Waals surface area contributed by atoms with Crippen LogP contribution in [0.5, 0.6) is 11.6 Å². The molecule has 0 aliphatic heterocycles.